The zero-order valence-corrected chi connectivity index (χ0v) is 13.5. The van der Waals surface area contributed by atoms with E-state index in [1.54, 1.807) is 6.08 Å². The van der Waals surface area contributed by atoms with Crippen LogP contribution in [0.4, 0.5) is 5.69 Å². The largest absolute Gasteiger partial charge is 0.457 e. The maximum Gasteiger partial charge on any atom is 0.242 e. The maximum atomic E-state index is 11.8. The zero-order chi connectivity index (χ0) is 16.7. The molecule has 0 aromatic heterocycles. The molecule has 0 heterocycles. The van der Waals surface area contributed by atoms with Gasteiger partial charge in [0.05, 0.1) is 0 Å². The molecule has 4 heteroatoms. The lowest BCUT2D eigenvalue weighted by molar-refractivity contribution is -0.121. The fraction of sp³-hybridized carbons (Fsp3) is 0.211. The second-order valence-corrected chi connectivity index (χ2v) is 5.34. The van der Waals surface area contributed by atoms with Crippen molar-refractivity contribution in [2.75, 3.05) is 11.9 Å². The van der Waals surface area contributed by atoms with Gasteiger partial charge in [-0.3, -0.25) is 4.79 Å². The van der Waals surface area contributed by atoms with Crippen molar-refractivity contribution in [3.05, 3.63) is 66.7 Å². The molecule has 0 fully saturated rings. The molecule has 4 nitrogen and oxygen atoms in total. The van der Waals surface area contributed by atoms with Crippen LogP contribution in [0.25, 0.3) is 0 Å². The molecule has 0 aliphatic rings. The van der Waals surface area contributed by atoms with E-state index in [4.69, 9.17) is 4.74 Å². The molecule has 0 saturated carbocycles. The molecule has 1 amide bonds. The average Bonchev–Trinajstić information content (AvgIpc) is 2.56. The van der Waals surface area contributed by atoms with Crippen LogP contribution in [-0.2, 0) is 4.79 Å². The standard InChI is InChI=1S/C19H22N2O2/c1-4-13-20-19(22)15(3)21-16-7-11-18(12-8-16)23-17-9-5-14(2)6-10-17/h4-12,15,21H,1,13H2,2-3H3,(H,20,22)/t15-/m1/s1. The van der Waals surface area contributed by atoms with Crippen LogP contribution >= 0.6 is 0 Å². The number of hydrogen-bond donors (Lipinski definition) is 2. The summed E-state index contributed by atoms with van der Waals surface area (Å²) in [5.41, 5.74) is 2.06. The lowest BCUT2D eigenvalue weighted by atomic mass is 10.2. The van der Waals surface area contributed by atoms with Crippen LogP contribution in [0.5, 0.6) is 11.5 Å². The van der Waals surface area contributed by atoms with Gasteiger partial charge in [0.2, 0.25) is 5.91 Å². The highest BCUT2D eigenvalue weighted by atomic mass is 16.5. The summed E-state index contributed by atoms with van der Waals surface area (Å²) >= 11 is 0. The number of aryl methyl sites for hydroxylation is 1. The van der Waals surface area contributed by atoms with Crippen molar-refractivity contribution in [2.45, 2.75) is 19.9 Å². The Labute approximate surface area is 137 Å². The van der Waals surface area contributed by atoms with E-state index in [0.29, 0.717) is 6.54 Å². The molecule has 2 N–H and O–H groups in total. The summed E-state index contributed by atoms with van der Waals surface area (Å²) in [4.78, 5) is 11.8. The van der Waals surface area contributed by atoms with Gasteiger partial charge in [-0.2, -0.15) is 0 Å². The van der Waals surface area contributed by atoms with E-state index in [9.17, 15) is 4.79 Å². The number of anilines is 1. The molecule has 120 valence electrons. The van der Waals surface area contributed by atoms with Crippen LogP contribution in [0.2, 0.25) is 0 Å². The Morgan fingerprint density at radius 3 is 2.26 bits per heavy atom. The van der Waals surface area contributed by atoms with Crippen LogP contribution in [0.1, 0.15) is 12.5 Å². The molecule has 0 radical (unpaired) electrons. The van der Waals surface area contributed by atoms with Crippen LogP contribution < -0.4 is 15.4 Å². The van der Waals surface area contributed by atoms with E-state index < -0.39 is 0 Å². The first kappa shape index (κ1) is 16.6. The molecule has 0 saturated heterocycles. The van der Waals surface area contributed by atoms with E-state index in [0.717, 1.165) is 17.2 Å². The first-order chi connectivity index (χ1) is 11.1. The summed E-state index contributed by atoms with van der Waals surface area (Å²) in [6.07, 6.45) is 1.65. The predicted octanol–water partition coefficient (Wildman–Crippen LogP) is 3.89. The molecule has 23 heavy (non-hydrogen) atoms. The lowest BCUT2D eigenvalue weighted by Crippen LogP contribution is -2.37. The van der Waals surface area contributed by atoms with E-state index >= 15 is 0 Å². The number of benzene rings is 2. The van der Waals surface area contributed by atoms with Gasteiger partial charge in [0, 0.05) is 12.2 Å². The molecule has 0 bridgehead atoms. The molecule has 2 aromatic carbocycles. The van der Waals surface area contributed by atoms with Gasteiger partial charge >= 0.3 is 0 Å². The first-order valence-corrected chi connectivity index (χ1v) is 7.58. The Morgan fingerprint density at radius 2 is 1.70 bits per heavy atom. The highest BCUT2D eigenvalue weighted by molar-refractivity contribution is 5.84. The lowest BCUT2D eigenvalue weighted by Gasteiger charge is -2.15. The Hall–Kier alpha value is -2.75. The second-order valence-electron chi connectivity index (χ2n) is 5.34. The van der Waals surface area contributed by atoms with Crippen molar-refractivity contribution in [3.63, 3.8) is 0 Å². The topological polar surface area (TPSA) is 50.4 Å². The third-order valence-corrected chi connectivity index (χ3v) is 3.31. The number of hydrogen-bond acceptors (Lipinski definition) is 3. The second kappa shape index (κ2) is 8.03. The molecular formula is C19H22N2O2. The summed E-state index contributed by atoms with van der Waals surface area (Å²) < 4.78 is 5.78. The summed E-state index contributed by atoms with van der Waals surface area (Å²) in [6, 6.07) is 15.1. The van der Waals surface area contributed by atoms with Crippen molar-refractivity contribution < 1.29 is 9.53 Å². The van der Waals surface area contributed by atoms with Crippen molar-refractivity contribution >= 4 is 11.6 Å². The van der Waals surface area contributed by atoms with Crippen LogP contribution in [0.3, 0.4) is 0 Å². The van der Waals surface area contributed by atoms with E-state index in [1.807, 2.05) is 62.4 Å². The average molecular weight is 310 g/mol. The van der Waals surface area contributed by atoms with Crippen molar-refractivity contribution in [1.82, 2.24) is 5.32 Å². The number of carbonyl (C=O) groups is 1. The minimum atomic E-state index is -0.321. The highest BCUT2D eigenvalue weighted by Gasteiger charge is 2.11. The van der Waals surface area contributed by atoms with Gasteiger partial charge in [-0.05, 0) is 50.2 Å². The molecule has 2 aromatic rings. The van der Waals surface area contributed by atoms with Gasteiger partial charge in [-0.25, -0.2) is 0 Å². The van der Waals surface area contributed by atoms with Crippen molar-refractivity contribution in [3.8, 4) is 11.5 Å². The van der Waals surface area contributed by atoms with Gasteiger partial charge in [-0.15, -0.1) is 6.58 Å². The van der Waals surface area contributed by atoms with Gasteiger partial charge in [0.15, 0.2) is 0 Å². The molecule has 0 unspecified atom stereocenters. The molecule has 0 spiro atoms. The van der Waals surface area contributed by atoms with Crippen molar-refractivity contribution in [1.29, 1.82) is 0 Å². The fourth-order valence-electron chi connectivity index (χ4n) is 2.00. The van der Waals surface area contributed by atoms with Crippen molar-refractivity contribution in [2.24, 2.45) is 0 Å². The van der Waals surface area contributed by atoms with E-state index in [1.165, 1.54) is 5.56 Å². The molecule has 0 aliphatic heterocycles. The van der Waals surface area contributed by atoms with Crippen LogP contribution in [0.15, 0.2) is 61.2 Å². The van der Waals surface area contributed by atoms with Gasteiger partial charge in [0.1, 0.15) is 17.5 Å². The number of ether oxygens (including phenoxy) is 1. The number of rotatable bonds is 7. The maximum absolute atomic E-state index is 11.8. The van der Waals surface area contributed by atoms with E-state index in [-0.39, 0.29) is 11.9 Å². The summed E-state index contributed by atoms with van der Waals surface area (Å²) in [5.74, 6) is 1.49. The Morgan fingerprint density at radius 1 is 1.13 bits per heavy atom. The monoisotopic (exact) mass is 310 g/mol. The third kappa shape index (κ3) is 5.18. The molecule has 0 aliphatic carbocycles. The highest BCUT2D eigenvalue weighted by Crippen LogP contribution is 2.23. The number of carbonyl (C=O) groups excluding carboxylic acids is 1. The number of amides is 1. The summed E-state index contributed by atoms with van der Waals surface area (Å²) in [5, 5.41) is 5.90. The van der Waals surface area contributed by atoms with E-state index in [2.05, 4.69) is 17.2 Å². The van der Waals surface area contributed by atoms with Gasteiger partial charge in [0.25, 0.3) is 0 Å². The summed E-state index contributed by atoms with van der Waals surface area (Å²) in [6.45, 7) is 7.90. The fourth-order valence-corrected chi connectivity index (χ4v) is 2.00. The predicted molar refractivity (Wildman–Crippen MR) is 94.0 cm³/mol. The third-order valence-electron chi connectivity index (χ3n) is 3.31. The Balaban J connectivity index is 1.92. The smallest absolute Gasteiger partial charge is 0.242 e. The van der Waals surface area contributed by atoms with Gasteiger partial charge in [-0.1, -0.05) is 23.8 Å². The zero-order valence-electron chi connectivity index (χ0n) is 13.5. The van der Waals surface area contributed by atoms with Crippen LogP contribution in [-0.4, -0.2) is 18.5 Å². The van der Waals surface area contributed by atoms with Gasteiger partial charge < -0.3 is 15.4 Å². The number of nitrogens with one attached hydrogen (secondary N) is 2. The first-order valence-electron chi connectivity index (χ1n) is 7.58. The minimum absolute atomic E-state index is 0.0649. The minimum Gasteiger partial charge on any atom is -0.457 e. The molecular weight excluding hydrogens is 288 g/mol. The molecule has 1 atom stereocenters. The molecule has 2 rings (SSSR count). The normalized spacial score (nSPS) is 11.4. The van der Waals surface area contributed by atoms with Crippen LogP contribution in [0, 0.1) is 6.92 Å². The Kier molecular flexibility index (Phi) is 5.80. The SMILES string of the molecule is C=CCNC(=O)[C@@H](C)Nc1ccc(Oc2ccc(C)cc2)cc1. The Bertz CT molecular complexity index is 648. The quantitative estimate of drug-likeness (QED) is 0.763. The summed E-state index contributed by atoms with van der Waals surface area (Å²) in [7, 11) is 0.